The van der Waals surface area contributed by atoms with Crippen molar-refractivity contribution in [3.05, 3.63) is 47.7 Å². The van der Waals surface area contributed by atoms with Gasteiger partial charge in [0.1, 0.15) is 0 Å². The molecule has 0 aromatic carbocycles. The van der Waals surface area contributed by atoms with Crippen LogP contribution >= 0.6 is 11.6 Å². The van der Waals surface area contributed by atoms with Gasteiger partial charge in [-0.3, -0.25) is 0 Å². The van der Waals surface area contributed by atoms with Crippen LogP contribution in [0.5, 0.6) is 0 Å². The lowest BCUT2D eigenvalue weighted by Crippen LogP contribution is -2.32. The van der Waals surface area contributed by atoms with E-state index >= 15 is 0 Å². The van der Waals surface area contributed by atoms with E-state index in [0.29, 0.717) is 11.3 Å². The van der Waals surface area contributed by atoms with Crippen molar-refractivity contribution >= 4 is 11.6 Å². The standard InChI is InChI=1S/C16H21ClF3N/c1-11(21(4)5)13-9-12(7-6-8-14(13)17)10-15(2,3)16(18,19)20/h6-9,14H,1,10H2,2-5H3. The van der Waals surface area contributed by atoms with E-state index in [2.05, 4.69) is 6.58 Å². The average Bonchev–Trinajstić information content (AvgIpc) is 2.48. The fourth-order valence-corrected chi connectivity index (χ4v) is 2.20. The maximum absolute atomic E-state index is 13.0. The van der Waals surface area contributed by atoms with Gasteiger partial charge in [0.2, 0.25) is 0 Å². The number of alkyl halides is 4. The average molecular weight is 320 g/mol. The van der Waals surface area contributed by atoms with E-state index in [1.807, 2.05) is 14.1 Å². The molecule has 1 aliphatic rings. The zero-order valence-corrected chi connectivity index (χ0v) is 13.5. The Kier molecular flexibility index (Phi) is 5.37. The summed E-state index contributed by atoms with van der Waals surface area (Å²) in [6, 6.07) is 0. The zero-order chi connectivity index (χ0) is 16.4. The van der Waals surface area contributed by atoms with Crippen LogP contribution in [0.2, 0.25) is 0 Å². The lowest BCUT2D eigenvalue weighted by Gasteiger charge is -2.28. The lowest BCUT2D eigenvalue weighted by molar-refractivity contribution is -0.210. The maximum Gasteiger partial charge on any atom is 0.394 e. The monoisotopic (exact) mass is 319 g/mol. The smallest absolute Gasteiger partial charge is 0.378 e. The molecule has 5 heteroatoms. The van der Waals surface area contributed by atoms with Gasteiger partial charge in [-0.25, -0.2) is 0 Å². The van der Waals surface area contributed by atoms with E-state index in [0.717, 1.165) is 5.57 Å². The summed E-state index contributed by atoms with van der Waals surface area (Å²) in [5.74, 6) is 0. The molecule has 1 nitrogen and oxygen atoms in total. The van der Waals surface area contributed by atoms with Crippen molar-refractivity contribution in [1.82, 2.24) is 4.90 Å². The second-order valence-corrected chi connectivity index (χ2v) is 6.50. The summed E-state index contributed by atoms with van der Waals surface area (Å²) in [5.41, 5.74) is 0.214. The van der Waals surface area contributed by atoms with Crippen LogP contribution in [0, 0.1) is 5.41 Å². The molecule has 0 heterocycles. The van der Waals surface area contributed by atoms with Crippen molar-refractivity contribution in [2.24, 2.45) is 5.41 Å². The maximum atomic E-state index is 13.0. The molecule has 0 saturated heterocycles. The van der Waals surface area contributed by atoms with Gasteiger partial charge in [-0.15, -0.1) is 11.6 Å². The topological polar surface area (TPSA) is 3.24 Å². The number of allylic oxidation sites excluding steroid dienone is 6. The molecule has 0 aromatic heterocycles. The highest BCUT2D eigenvalue weighted by Gasteiger charge is 2.47. The van der Waals surface area contributed by atoms with Crippen LogP contribution in [-0.2, 0) is 0 Å². The van der Waals surface area contributed by atoms with E-state index < -0.39 is 17.0 Å². The molecule has 0 N–H and O–H groups in total. The predicted molar refractivity (Wildman–Crippen MR) is 82.2 cm³/mol. The highest BCUT2D eigenvalue weighted by atomic mass is 35.5. The van der Waals surface area contributed by atoms with Gasteiger partial charge < -0.3 is 4.90 Å². The fourth-order valence-electron chi connectivity index (χ4n) is 1.93. The minimum atomic E-state index is -4.25. The Morgan fingerprint density at radius 3 is 2.38 bits per heavy atom. The van der Waals surface area contributed by atoms with E-state index in [1.165, 1.54) is 13.8 Å². The molecule has 21 heavy (non-hydrogen) atoms. The molecule has 0 bridgehead atoms. The third-order valence-electron chi connectivity index (χ3n) is 3.51. The summed E-state index contributed by atoms with van der Waals surface area (Å²) in [4.78, 5) is 1.80. The SMILES string of the molecule is C=C(C1=CC(CC(C)(C)C(F)(F)F)=CC=CC1Cl)N(C)C. The molecule has 118 valence electrons. The third-order valence-corrected chi connectivity index (χ3v) is 3.90. The lowest BCUT2D eigenvalue weighted by atomic mass is 9.84. The summed E-state index contributed by atoms with van der Waals surface area (Å²) in [5, 5.41) is -0.400. The van der Waals surface area contributed by atoms with Crippen LogP contribution in [0.3, 0.4) is 0 Å². The Morgan fingerprint density at radius 1 is 1.33 bits per heavy atom. The van der Waals surface area contributed by atoms with Crippen molar-refractivity contribution in [3.8, 4) is 0 Å². The highest BCUT2D eigenvalue weighted by molar-refractivity contribution is 6.24. The summed E-state index contributed by atoms with van der Waals surface area (Å²) in [6.45, 7) is 6.35. The van der Waals surface area contributed by atoms with Crippen LogP contribution in [0.4, 0.5) is 13.2 Å². The summed E-state index contributed by atoms with van der Waals surface area (Å²) < 4.78 is 39.1. The molecule has 1 unspecified atom stereocenters. The Labute approximate surface area is 129 Å². The quantitative estimate of drug-likeness (QED) is 0.654. The van der Waals surface area contributed by atoms with Gasteiger partial charge in [0.05, 0.1) is 10.8 Å². The molecule has 1 rings (SSSR count). The number of nitrogens with zero attached hydrogens (tertiary/aromatic N) is 1. The fraction of sp³-hybridized carbons (Fsp3) is 0.500. The van der Waals surface area contributed by atoms with Gasteiger partial charge in [0.15, 0.2) is 0 Å². The van der Waals surface area contributed by atoms with Gasteiger partial charge in [0, 0.05) is 19.8 Å². The zero-order valence-electron chi connectivity index (χ0n) is 12.8. The first-order chi connectivity index (χ1) is 9.45. The molecule has 1 aliphatic carbocycles. The summed E-state index contributed by atoms with van der Waals surface area (Å²) in [7, 11) is 3.65. The van der Waals surface area contributed by atoms with E-state index in [9.17, 15) is 13.2 Å². The molecule has 0 aromatic rings. The van der Waals surface area contributed by atoms with Gasteiger partial charge in [-0.05, 0) is 17.6 Å². The number of likely N-dealkylation sites (N-methyl/N-ethyl adjacent to an activating group) is 1. The van der Waals surface area contributed by atoms with Crippen molar-refractivity contribution in [2.45, 2.75) is 31.8 Å². The number of hydrogen-bond donors (Lipinski definition) is 0. The van der Waals surface area contributed by atoms with E-state index in [1.54, 1.807) is 29.2 Å². The molecule has 0 amide bonds. The second kappa shape index (κ2) is 6.30. The van der Waals surface area contributed by atoms with E-state index in [4.69, 9.17) is 11.6 Å². The van der Waals surface area contributed by atoms with Crippen LogP contribution in [0.15, 0.2) is 47.7 Å². The first kappa shape index (κ1) is 17.9. The summed E-state index contributed by atoms with van der Waals surface area (Å²) in [6.07, 6.45) is 2.49. The van der Waals surface area contributed by atoms with Crippen LogP contribution in [-0.4, -0.2) is 30.5 Å². The van der Waals surface area contributed by atoms with Crippen LogP contribution in [0.25, 0.3) is 0 Å². The van der Waals surface area contributed by atoms with Crippen molar-refractivity contribution in [1.29, 1.82) is 0 Å². The molecule has 0 fully saturated rings. The Morgan fingerprint density at radius 2 is 1.90 bits per heavy atom. The molecule has 0 radical (unpaired) electrons. The highest BCUT2D eigenvalue weighted by Crippen LogP contribution is 2.43. The molecular formula is C16H21ClF3N. The van der Waals surface area contributed by atoms with E-state index in [-0.39, 0.29) is 6.42 Å². The Balaban J connectivity index is 3.11. The Hall–Kier alpha value is -1.16. The van der Waals surface area contributed by atoms with Gasteiger partial charge in [-0.1, -0.05) is 44.7 Å². The van der Waals surface area contributed by atoms with Gasteiger partial charge in [-0.2, -0.15) is 13.2 Å². The minimum absolute atomic E-state index is 0.103. The minimum Gasteiger partial charge on any atom is -0.378 e. The number of halogens is 4. The predicted octanol–water partition coefficient (Wildman–Crippen LogP) is 5.07. The second-order valence-electron chi connectivity index (χ2n) is 6.03. The third kappa shape index (κ3) is 4.40. The first-order valence-electron chi connectivity index (χ1n) is 6.62. The largest absolute Gasteiger partial charge is 0.394 e. The van der Waals surface area contributed by atoms with Crippen molar-refractivity contribution in [2.75, 3.05) is 14.1 Å². The van der Waals surface area contributed by atoms with Crippen molar-refractivity contribution in [3.63, 3.8) is 0 Å². The molecule has 0 aliphatic heterocycles. The van der Waals surface area contributed by atoms with Gasteiger partial charge in [0.25, 0.3) is 0 Å². The molecular weight excluding hydrogens is 299 g/mol. The normalized spacial score (nSPS) is 19.7. The number of rotatable bonds is 4. The molecule has 1 atom stereocenters. The number of hydrogen-bond acceptors (Lipinski definition) is 1. The Bertz CT molecular complexity index is 496. The molecule has 0 saturated carbocycles. The summed E-state index contributed by atoms with van der Waals surface area (Å²) >= 11 is 6.25. The van der Waals surface area contributed by atoms with Crippen LogP contribution in [0.1, 0.15) is 20.3 Å². The van der Waals surface area contributed by atoms with Gasteiger partial charge >= 0.3 is 6.18 Å². The first-order valence-corrected chi connectivity index (χ1v) is 7.05. The van der Waals surface area contributed by atoms with Crippen LogP contribution < -0.4 is 0 Å². The molecule has 0 spiro atoms. The van der Waals surface area contributed by atoms with Crippen molar-refractivity contribution < 1.29 is 13.2 Å².